The fraction of sp³-hybridized carbons (Fsp3) is 0.158. The summed E-state index contributed by atoms with van der Waals surface area (Å²) in [5, 5.41) is 0.427. The summed E-state index contributed by atoms with van der Waals surface area (Å²) in [5.41, 5.74) is 2.63. The first-order chi connectivity index (χ1) is 13.1. The molecule has 0 amide bonds. The van der Waals surface area contributed by atoms with Crippen LogP contribution >= 0.6 is 11.6 Å². The first-order valence-electron chi connectivity index (χ1n) is 9.07. The minimum Gasteiger partial charge on any atom is -0.261 e. The molecule has 0 atom stereocenters. The number of sulfone groups is 1. The van der Waals surface area contributed by atoms with Crippen molar-refractivity contribution in [2.45, 2.75) is 18.7 Å². The van der Waals surface area contributed by atoms with Crippen molar-refractivity contribution >= 4 is 21.4 Å². The number of hydrogen-bond donors (Lipinski definition) is 0. The lowest BCUT2D eigenvalue weighted by atomic mass is 10.0. The van der Waals surface area contributed by atoms with Crippen molar-refractivity contribution in [1.29, 1.82) is 0 Å². The summed E-state index contributed by atoms with van der Waals surface area (Å²) in [5.74, 6) is 0.0256. The van der Waals surface area contributed by atoms with E-state index in [-0.39, 0.29) is 16.3 Å². The van der Waals surface area contributed by atoms with Crippen LogP contribution in [0, 0.1) is 6.85 Å². The number of rotatable bonds is 4. The van der Waals surface area contributed by atoms with Crippen LogP contribution in [-0.2, 0) is 9.84 Å². The molecule has 0 aliphatic rings. The van der Waals surface area contributed by atoms with Crippen LogP contribution in [0.4, 0.5) is 0 Å². The van der Waals surface area contributed by atoms with Gasteiger partial charge in [-0.3, -0.25) is 9.97 Å². The van der Waals surface area contributed by atoms with E-state index in [1.54, 1.807) is 43.3 Å². The van der Waals surface area contributed by atoms with Crippen molar-refractivity contribution in [1.82, 2.24) is 9.97 Å². The van der Waals surface area contributed by atoms with Crippen molar-refractivity contribution in [3.05, 3.63) is 65.6 Å². The van der Waals surface area contributed by atoms with Gasteiger partial charge in [0.15, 0.2) is 9.84 Å². The summed E-state index contributed by atoms with van der Waals surface area (Å²) in [6.45, 7) is -0.687. The number of aryl methyl sites for hydroxylation is 1. The third kappa shape index (κ3) is 3.72. The summed E-state index contributed by atoms with van der Waals surface area (Å²) >= 11 is 6.12. The zero-order valence-corrected chi connectivity index (χ0v) is 15.0. The van der Waals surface area contributed by atoms with Crippen molar-refractivity contribution in [2.24, 2.45) is 0 Å². The van der Waals surface area contributed by atoms with E-state index in [2.05, 4.69) is 9.97 Å². The lowest BCUT2D eigenvalue weighted by Crippen LogP contribution is -2.03. The van der Waals surface area contributed by atoms with Gasteiger partial charge in [-0.15, -0.1) is 0 Å². The number of aromatic nitrogens is 2. The van der Waals surface area contributed by atoms with Crippen molar-refractivity contribution in [3.63, 3.8) is 0 Å². The predicted octanol–water partition coefficient (Wildman–Crippen LogP) is 4.57. The molecule has 1 aromatic carbocycles. The predicted molar refractivity (Wildman–Crippen MR) is 100 cm³/mol. The fourth-order valence-electron chi connectivity index (χ4n) is 2.43. The van der Waals surface area contributed by atoms with Gasteiger partial charge in [0, 0.05) is 33.3 Å². The highest BCUT2D eigenvalue weighted by atomic mass is 35.5. The topological polar surface area (TPSA) is 59.9 Å². The molecule has 6 heteroatoms. The molecular weight excluding hydrogens is 356 g/mol. The Kier molecular flexibility index (Phi) is 3.88. The van der Waals surface area contributed by atoms with E-state index in [0.717, 1.165) is 5.56 Å². The molecular formula is C19H17ClN2O2S. The lowest BCUT2D eigenvalue weighted by Gasteiger charge is -2.11. The second-order valence-corrected chi connectivity index (χ2v) is 8.12. The molecule has 128 valence electrons. The average Bonchev–Trinajstić information content (AvgIpc) is 2.67. The molecule has 3 rings (SSSR count). The summed E-state index contributed by atoms with van der Waals surface area (Å²) in [6, 6.07) is 11.3. The molecule has 0 radical (unpaired) electrons. The van der Waals surface area contributed by atoms with E-state index in [9.17, 15) is 8.42 Å². The van der Waals surface area contributed by atoms with Crippen LogP contribution in [0.3, 0.4) is 0 Å². The number of benzene rings is 1. The molecule has 0 unspecified atom stereocenters. The Balaban J connectivity index is 2.07. The van der Waals surface area contributed by atoms with Gasteiger partial charge >= 0.3 is 0 Å². The Hall–Kier alpha value is -2.24. The second kappa shape index (κ2) is 6.94. The molecule has 0 saturated carbocycles. The van der Waals surface area contributed by atoms with Gasteiger partial charge in [-0.25, -0.2) is 8.42 Å². The van der Waals surface area contributed by atoms with Crippen LogP contribution in [0.15, 0.2) is 59.8 Å². The number of hydrogen-bond acceptors (Lipinski definition) is 4. The Morgan fingerprint density at radius 2 is 1.76 bits per heavy atom. The maximum absolute atomic E-state index is 12.0. The van der Waals surface area contributed by atoms with E-state index in [4.69, 9.17) is 15.7 Å². The Morgan fingerprint density at radius 1 is 1.04 bits per heavy atom. The van der Waals surface area contributed by atoms with Gasteiger partial charge in [0.05, 0.1) is 21.4 Å². The van der Waals surface area contributed by atoms with Crippen LogP contribution in [0.5, 0.6) is 0 Å². The third-order valence-electron chi connectivity index (χ3n) is 3.80. The second-order valence-electron chi connectivity index (χ2n) is 5.41. The summed E-state index contributed by atoms with van der Waals surface area (Å²) in [7, 11) is -3.29. The van der Waals surface area contributed by atoms with Gasteiger partial charge in [0.2, 0.25) is 0 Å². The Morgan fingerprint density at radius 3 is 2.36 bits per heavy atom. The first kappa shape index (κ1) is 14.0. The molecule has 0 fully saturated rings. The maximum Gasteiger partial charge on any atom is 0.178 e. The minimum absolute atomic E-state index is 0.000823. The van der Waals surface area contributed by atoms with Crippen molar-refractivity contribution in [3.8, 4) is 22.4 Å². The van der Waals surface area contributed by atoms with Crippen molar-refractivity contribution < 1.29 is 12.5 Å². The van der Waals surface area contributed by atoms with Crippen LogP contribution in [-0.4, -0.2) is 24.1 Å². The standard InChI is InChI=1S/C19H17ClN2O2S/c1-3-25(23,24)17-8-6-14(7-9-17)18-10-16(20)12-22-19(18)15-5-4-13(2)21-11-15/h4-12H,3H2,1-2H3/i2D3. The summed E-state index contributed by atoms with van der Waals surface area (Å²) in [6.07, 6.45) is 2.95. The van der Waals surface area contributed by atoms with E-state index in [1.807, 2.05) is 0 Å². The van der Waals surface area contributed by atoms with Gasteiger partial charge < -0.3 is 0 Å². The molecule has 0 N–H and O–H groups in total. The molecule has 0 bridgehead atoms. The molecule has 2 aromatic heterocycles. The molecule has 0 spiro atoms. The third-order valence-corrected chi connectivity index (χ3v) is 5.75. The van der Waals surface area contributed by atoms with E-state index < -0.39 is 16.7 Å². The first-order valence-corrected chi connectivity index (χ1v) is 9.60. The SMILES string of the molecule is [2H]C([2H])([2H])c1ccc(-c2ncc(Cl)cc2-c2ccc(S(=O)(=O)CC)cc2)cn1. The molecule has 0 saturated heterocycles. The van der Waals surface area contributed by atoms with Crippen LogP contribution < -0.4 is 0 Å². The van der Waals surface area contributed by atoms with E-state index >= 15 is 0 Å². The quantitative estimate of drug-likeness (QED) is 0.670. The average molecular weight is 376 g/mol. The molecule has 0 aliphatic heterocycles. The fourth-order valence-corrected chi connectivity index (χ4v) is 3.47. The lowest BCUT2D eigenvalue weighted by molar-refractivity contribution is 0.597. The normalized spacial score (nSPS) is 13.8. The largest absolute Gasteiger partial charge is 0.261 e. The highest BCUT2D eigenvalue weighted by molar-refractivity contribution is 7.91. The van der Waals surface area contributed by atoms with Crippen molar-refractivity contribution in [2.75, 3.05) is 5.75 Å². The van der Waals surface area contributed by atoms with Gasteiger partial charge in [0.25, 0.3) is 0 Å². The minimum atomic E-state index is -3.29. The summed E-state index contributed by atoms with van der Waals surface area (Å²) in [4.78, 5) is 8.65. The van der Waals surface area contributed by atoms with Gasteiger partial charge in [-0.1, -0.05) is 30.7 Å². The Bertz CT molecular complexity index is 1100. The van der Waals surface area contributed by atoms with Crippen LogP contribution in [0.1, 0.15) is 16.7 Å². The zero-order valence-electron chi connectivity index (χ0n) is 16.4. The van der Waals surface area contributed by atoms with Gasteiger partial charge in [-0.2, -0.15) is 0 Å². The molecule has 0 aliphatic carbocycles. The van der Waals surface area contributed by atoms with E-state index in [0.29, 0.717) is 21.8 Å². The molecule has 2 heterocycles. The zero-order chi connectivity index (χ0) is 20.5. The highest BCUT2D eigenvalue weighted by Gasteiger charge is 2.14. The molecule has 25 heavy (non-hydrogen) atoms. The van der Waals surface area contributed by atoms with Crippen LogP contribution in [0.2, 0.25) is 5.02 Å². The highest BCUT2D eigenvalue weighted by Crippen LogP contribution is 2.32. The monoisotopic (exact) mass is 375 g/mol. The van der Waals surface area contributed by atoms with Crippen LogP contribution in [0.25, 0.3) is 22.4 Å². The maximum atomic E-state index is 12.0. The van der Waals surface area contributed by atoms with Gasteiger partial charge in [0.1, 0.15) is 0 Å². The molecule has 3 aromatic rings. The molecule has 4 nitrogen and oxygen atoms in total. The summed E-state index contributed by atoms with van der Waals surface area (Å²) < 4.78 is 46.3. The van der Waals surface area contributed by atoms with E-state index in [1.165, 1.54) is 18.5 Å². The number of pyridine rings is 2. The van der Waals surface area contributed by atoms with Gasteiger partial charge in [-0.05, 0) is 42.7 Å². The number of nitrogens with zero attached hydrogens (tertiary/aromatic N) is 2. The smallest absolute Gasteiger partial charge is 0.178 e. The number of halogens is 1. The Labute approximate surface area is 156 Å².